The summed E-state index contributed by atoms with van der Waals surface area (Å²) in [5.41, 5.74) is 7.16. The maximum Gasteiger partial charge on any atom is 0.344 e. The summed E-state index contributed by atoms with van der Waals surface area (Å²) >= 11 is 0. The molecule has 0 saturated heterocycles. The fourth-order valence-corrected chi connectivity index (χ4v) is 2.96. The Morgan fingerprint density at radius 1 is 1.14 bits per heavy atom. The fourth-order valence-electron chi connectivity index (χ4n) is 2.96. The smallest absolute Gasteiger partial charge is 0.344 e. The van der Waals surface area contributed by atoms with E-state index in [0.29, 0.717) is 17.1 Å². The van der Waals surface area contributed by atoms with Gasteiger partial charge in [-0.05, 0) is 36.8 Å². The summed E-state index contributed by atoms with van der Waals surface area (Å²) < 4.78 is 10.3. The van der Waals surface area contributed by atoms with E-state index in [0.717, 1.165) is 16.3 Å². The number of aromatic hydroxyl groups is 1. The van der Waals surface area contributed by atoms with E-state index >= 15 is 0 Å². The van der Waals surface area contributed by atoms with Crippen LogP contribution >= 0.6 is 0 Å². The summed E-state index contributed by atoms with van der Waals surface area (Å²) in [6.07, 6.45) is -0.0602. The number of carbonyl (C=O) groups is 2. The van der Waals surface area contributed by atoms with Gasteiger partial charge in [-0.15, -0.1) is 0 Å². The van der Waals surface area contributed by atoms with Gasteiger partial charge in [0.25, 0.3) is 0 Å². The van der Waals surface area contributed by atoms with Gasteiger partial charge in [-0.25, -0.2) is 9.78 Å². The van der Waals surface area contributed by atoms with Crippen LogP contribution in [0.4, 0.5) is 0 Å². The lowest BCUT2D eigenvalue weighted by molar-refractivity contribution is -0.145. The third-order valence-electron chi connectivity index (χ3n) is 4.19. The monoisotopic (exact) mass is 395 g/mol. The Morgan fingerprint density at radius 2 is 1.93 bits per heavy atom. The number of primary amides is 1. The van der Waals surface area contributed by atoms with Gasteiger partial charge in [0, 0.05) is 22.9 Å². The minimum Gasteiger partial charge on any atom is -0.508 e. The van der Waals surface area contributed by atoms with Crippen molar-refractivity contribution in [3.05, 3.63) is 47.7 Å². The van der Waals surface area contributed by atoms with E-state index in [2.05, 4.69) is 9.97 Å². The van der Waals surface area contributed by atoms with E-state index in [4.69, 9.17) is 15.2 Å². The highest BCUT2D eigenvalue weighted by molar-refractivity contribution is 5.93. The number of benzene rings is 2. The van der Waals surface area contributed by atoms with E-state index in [1.807, 2.05) is 6.07 Å². The Morgan fingerprint density at radius 3 is 2.66 bits per heavy atom. The van der Waals surface area contributed by atoms with Gasteiger partial charge >= 0.3 is 5.97 Å². The minimum atomic E-state index is -0.526. The molecule has 29 heavy (non-hydrogen) atoms. The van der Waals surface area contributed by atoms with E-state index in [9.17, 15) is 14.7 Å². The Bertz CT molecular complexity index is 1080. The zero-order valence-electron chi connectivity index (χ0n) is 16.1. The van der Waals surface area contributed by atoms with E-state index < -0.39 is 11.9 Å². The lowest BCUT2D eigenvalue weighted by Crippen LogP contribution is -2.15. The van der Waals surface area contributed by atoms with Crippen LogP contribution in [-0.2, 0) is 20.7 Å². The molecule has 0 aliphatic heterocycles. The SMILES string of the molecule is CCOC(=O)COc1cc(C)nc(-c2ccc3c(CC(N)=O)c(O)ccc3c2)n1. The third-order valence-corrected chi connectivity index (χ3v) is 4.19. The molecule has 0 saturated carbocycles. The van der Waals surface area contributed by atoms with Crippen LogP contribution in [0.3, 0.4) is 0 Å². The van der Waals surface area contributed by atoms with Crippen LogP contribution in [0.25, 0.3) is 22.2 Å². The zero-order chi connectivity index (χ0) is 21.0. The Hall–Kier alpha value is -3.68. The molecule has 1 aromatic heterocycles. The number of rotatable bonds is 7. The van der Waals surface area contributed by atoms with Crippen molar-refractivity contribution in [3.63, 3.8) is 0 Å². The summed E-state index contributed by atoms with van der Waals surface area (Å²) in [4.78, 5) is 31.6. The third kappa shape index (κ3) is 4.78. The first-order chi connectivity index (χ1) is 13.9. The van der Waals surface area contributed by atoms with Crippen molar-refractivity contribution in [2.24, 2.45) is 5.73 Å². The molecule has 3 rings (SSSR count). The number of esters is 1. The Kier molecular flexibility index (Phi) is 5.92. The van der Waals surface area contributed by atoms with Crippen LogP contribution in [0, 0.1) is 6.92 Å². The summed E-state index contributed by atoms with van der Waals surface area (Å²) in [6.45, 7) is 3.56. The number of nitrogens with zero attached hydrogens (tertiary/aromatic N) is 2. The summed E-state index contributed by atoms with van der Waals surface area (Å²) in [7, 11) is 0. The van der Waals surface area contributed by atoms with Crippen LogP contribution in [0.5, 0.6) is 11.6 Å². The molecule has 0 unspecified atom stereocenters. The van der Waals surface area contributed by atoms with Crippen molar-refractivity contribution in [3.8, 4) is 23.0 Å². The van der Waals surface area contributed by atoms with Crippen molar-refractivity contribution in [1.82, 2.24) is 9.97 Å². The molecular weight excluding hydrogens is 374 g/mol. The molecule has 150 valence electrons. The zero-order valence-corrected chi connectivity index (χ0v) is 16.1. The highest BCUT2D eigenvalue weighted by Crippen LogP contribution is 2.31. The number of amides is 1. The molecular formula is C21H21N3O5. The lowest BCUT2D eigenvalue weighted by atomic mass is 9.98. The van der Waals surface area contributed by atoms with Gasteiger partial charge in [0.15, 0.2) is 12.4 Å². The molecule has 0 spiro atoms. The number of hydrogen-bond acceptors (Lipinski definition) is 7. The Labute approximate surface area is 167 Å². The van der Waals surface area contributed by atoms with Gasteiger partial charge in [-0.2, -0.15) is 4.98 Å². The molecule has 0 fully saturated rings. The number of hydrogen-bond donors (Lipinski definition) is 2. The summed E-state index contributed by atoms with van der Waals surface area (Å²) in [5.74, 6) is -0.290. The second-order valence-electron chi connectivity index (χ2n) is 6.41. The molecule has 2 aromatic carbocycles. The molecule has 0 aliphatic rings. The van der Waals surface area contributed by atoms with Gasteiger partial charge < -0.3 is 20.3 Å². The van der Waals surface area contributed by atoms with Gasteiger partial charge in [0.05, 0.1) is 13.0 Å². The molecule has 0 aliphatic carbocycles. The lowest BCUT2D eigenvalue weighted by Gasteiger charge is -2.11. The largest absolute Gasteiger partial charge is 0.508 e. The number of aryl methyl sites for hydroxylation is 1. The van der Waals surface area contributed by atoms with Gasteiger partial charge in [-0.1, -0.05) is 18.2 Å². The first-order valence-corrected chi connectivity index (χ1v) is 9.04. The number of ether oxygens (including phenoxy) is 2. The van der Waals surface area contributed by atoms with Crippen LogP contribution < -0.4 is 10.5 Å². The van der Waals surface area contributed by atoms with E-state index in [1.165, 1.54) is 6.07 Å². The van der Waals surface area contributed by atoms with Crippen LogP contribution in [0.15, 0.2) is 36.4 Å². The van der Waals surface area contributed by atoms with Crippen molar-refractivity contribution in [1.29, 1.82) is 0 Å². The molecule has 8 heteroatoms. The number of phenols is 1. The number of fused-ring (bicyclic) bond motifs is 1. The number of carbonyl (C=O) groups excluding carboxylic acids is 2. The molecule has 0 atom stereocenters. The summed E-state index contributed by atoms with van der Waals surface area (Å²) in [6, 6.07) is 10.3. The molecule has 0 bridgehead atoms. The topological polar surface area (TPSA) is 125 Å². The van der Waals surface area contributed by atoms with Crippen LogP contribution in [0.2, 0.25) is 0 Å². The Balaban J connectivity index is 1.95. The second kappa shape index (κ2) is 8.55. The minimum absolute atomic E-state index is 0.0190. The average Bonchev–Trinajstić information content (AvgIpc) is 2.68. The molecule has 3 aromatic rings. The van der Waals surface area contributed by atoms with Gasteiger partial charge in [0.1, 0.15) is 5.75 Å². The second-order valence-corrected chi connectivity index (χ2v) is 6.41. The predicted octanol–water partition coefficient (Wildman–Crippen LogP) is 2.28. The quantitative estimate of drug-likeness (QED) is 0.588. The highest BCUT2D eigenvalue weighted by atomic mass is 16.6. The molecule has 8 nitrogen and oxygen atoms in total. The number of nitrogens with two attached hydrogens (primary N) is 1. The van der Waals surface area contributed by atoms with Crippen molar-refractivity contribution < 1.29 is 24.2 Å². The average molecular weight is 395 g/mol. The maximum atomic E-state index is 11.5. The molecule has 3 N–H and O–H groups in total. The van der Waals surface area contributed by atoms with E-state index in [-0.39, 0.29) is 31.3 Å². The highest BCUT2D eigenvalue weighted by Gasteiger charge is 2.13. The number of aromatic nitrogens is 2. The molecule has 0 radical (unpaired) electrons. The van der Waals surface area contributed by atoms with Crippen molar-refractivity contribution >= 4 is 22.6 Å². The number of phenolic OH excluding ortho intramolecular Hbond substituents is 1. The van der Waals surface area contributed by atoms with Crippen molar-refractivity contribution in [2.75, 3.05) is 13.2 Å². The van der Waals surface area contributed by atoms with Gasteiger partial charge in [0.2, 0.25) is 11.8 Å². The standard InChI is InChI=1S/C21H21N3O5/c1-3-28-20(27)11-29-19-8-12(2)23-21(24-19)14-4-6-15-13(9-14)5-7-17(25)16(15)10-18(22)26/h4-9,25H,3,10-11H2,1-2H3,(H2,22,26). The van der Waals surface area contributed by atoms with Crippen LogP contribution in [-0.4, -0.2) is 40.2 Å². The molecule has 1 amide bonds. The summed E-state index contributed by atoms with van der Waals surface area (Å²) in [5, 5.41) is 11.6. The normalized spacial score (nSPS) is 10.7. The maximum absolute atomic E-state index is 11.5. The fraction of sp³-hybridized carbons (Fsp3) is 0.238. The van der Waals surface area contributed by atoms with Crippen LogP contribution in [0.1, 0.15) is 18.2 Å². The predicted molar refractivity (Wildman–Crippen MR) is 106 cm³/mol. The first kappa shape index (κ1) is 20.1. The molecule has 1 heterocycles. The van der Waals surface area contributed by atoms with Gasteiger partial charge in [-0.3, -0.25) is 4.79 Å². The van der Waals surface area contributed by atoms with E-state index in [1.54, 1.807) is 38.1 Å². The van der Waals surface area contributed by atoms with Crippen molar-refractivity contribution in [2.45, 2.75) is 20.3 Å². The first-order valence-electron chi connectivity index (χ1n) is 9.04.